The van der Waals surface area contributed by atoms with Gasteiger partial charge in [0.1, 0.15) is 11.5 Å². The summed E-state index contributed by atoms with van der Waals surface area (Å²) in [6.45, 7) is 14.2. The zero-order valence-electron chi connectivity index (χ0n) is 26.6. The van der Waals surface area contributed by atoms with Crippen LogP contribution in [-0.4, -0.2) is 51.6 Å². The van der Waals surface area contributed by atoms with Crippen LogP contribution in [0.1, 0.15) is 78.4 Å². The molecule has 0 spiro atoms. The van der Waals surface area contributed by atoms with Gasteiger partial charge in [0.05, 0.1) is 39.6 Å². The van der Waals surface area contributed by atoms with Crippen LogP contribution in [0.5, 0.6) is 11.5 Å². The molecule has 0 radical (unpaired) electrons. The second-order valence-corrected chi connectivity index (χ2v) is 10.4. The summed E-state index contributed by atoms with van der Waals surface area (Å²) in [6, 6.07) is 16.1. The van der Waals surface area contributed by atoms with Gasteiger partial charge in [0.25, 0.3) is 0 Å². The molecule has 8 nitrogen and oxygen atoms in total. The van der Waals surface area contributed by atoms with Crippen molar-refractivity contribution in [2.75, 3.05) is 39.6 Å². The van der Waals surface area contributed by atoms with E-state index in [1.165, 1.54) is 0 Å². The highest BCUT2D eigenvalue weighted by atomic mass is 16.6. The average molecular weight is 597 g/mol. The van der Waals surface area contributed by atoms with Gasteiger partial charge in [-0.2, -0.15) is 0 Å². The van der Waals surface area contributed by atoms with Crippen molar-refractivity contribution in [3.63, 3.8) is 0 Å². The zero-order valence-corrected chi connectivity index (χ0v) is 26.6. The predicted molar refractivity (Wildman–Crippen MR) is 167 cm³/mol. The molecule has 0 amide bonds. The van der Waals surface area contributed by atoms with Gasteiger partial charge in [-0.1, -0.05) is 52.0 Å². The third kappa shape index (κ3) is 12.1. The van der Waals surface area contributed by atoms with E-state index in [1.54, 1.807) is 26.0 Å². The molecular weight excluding hydrogens is 548 g/mol. The second-order valence-electron chi connectivity index (χ2n) is 10.4. The molecule has 236 valence electrons. The molecule has 0 saturated carbocycles. The molecule has 8 heteroatoms. The third-order valence-corrected chi connectivity index (χ3v) is 6.58. The summed E-state index contributed by atoms with van der Waals surface area (Å²) in [7, 11) is 0. The standard InChI is InChI=1S/C35H48O8/c1-7-21-40-31(9-3)33(36)42-25-11-23-38-29-17-13-27(14-18-29)35(5,6)28-15-19-30(20-16-28)39-24-12-26-43-34(37)32(10-4)41-22-8-2/h9-10,13-20H,7-8,11-12,21-26H2,1-6H3. The van der Waals surface area contributed by atoms with Gasteiger partial charge >= 0.3 is 11.9 Å². The number of rotatable bonds is 20. The van der Waals surface area contributed by atoms with Crippen molar-refractivity contribution in [1.29, 1.82) is 0 Å². The fourth-order valence-corrected chi connectivity index (χ4v) is 4.02. The Morgan fingerprint density at radius 2 is 0.953 bits per heavy atom. The van der Waals surface area contributed by atoms with Gasteiger partial charge in [-0.25, -0.2) is 9.59 Å². The molecule has 0 N–H and O–H groups in total. The van der Waals surface area contributed by atoms with Crippen molar-refractivity contribution >= 4 is 11.9 Å². The molecule has 2 aromatic carbocycles. The van der Waals surface area contributed by atoms with Crippen LogP contribution < -0.4 is 9.47 Å². The van der Waals surface area contributed by atoms with Crippen molar-refractivity contribution in [3.05, 3.63) is 83.3 Å². The molecule has 0 aliphatic carbocycles. The van der Waals surface area contributed by atoms with Gasteiger partial charge in [0, 0.05) is 18.3 Å². The Morgan fingerprint density at radius 1 is 0.581 bits per heavy atom. The van der Waals surface area contributed by atoms with Crippen molar-refractivity contribution in [2.45, 2.75) is 72.6 Å². The molecule has 0 bridgehead atoms. The van der Waals surface area contributed by atoms with Crippen molar-refractivity contribution in [2.24, 2.45) is 0 Å². The van der Waals surface area contributed by atoms with Gasteiger partial charge in [-0.3, -0.25) is 0 Å². The number of carbonyl (C=O) groups excluding carboxylic acids is 2. The lowest BCUT2D eigenvalue weighted by Gasteiger charge is -2.26. The molecule has 0 atom stereocenters. The smallest absolute Gasteiger partial charge is 0.373 e. The van der Waals surface area contributed by atoms with Crippen molar-refractivity contribution in [3.8, 4) is 11.5 Å². The second kappa shape index (κ2) is 19.3. The normalized spacial score (nSPS) is 12.0. The number of ether oxygens (including phenoxy) is 6. The van der Waals surface area contributed by atoms with Gasteiger partial charge in [0.15, 0.2) is 11.5 Å². The Kier molecular flexibility index (Phi) is 15.8. The number of hydrogen-bond acceptors (Lipinski definition) is 8. The Hall–Kier alpha value is -3.94. The molecule has 43 heavy (non-hydrogen) atoms. The monoisotopic (exact) mass is 596 g/mol. The Morgan fingerprint density at radius 3 is 1.28 bits per heavy atom. The Bertz CT molecular complexity index is 1070. The van der Waals surface area contributed by atoms with Crippen LogP contribution in [0.25, 0.3) is 0 Å². The first-order valence-electron chi connectivity index (χ1n) is 15.2. The van der Waals surface area contributed by atoms with E-state index >= 15 is 0 Å². The Labute approximate surface area is 257 Å². The minimum atomic E-state index is -0.447. The van der Waals surface area contributed by atoms with E-state index in [4.69, 9.17) is 28.4 Å². The number of hydrogen-bond donors (Lipinski definition) is 0. The number of benzene rings is 2. The summed E-state index contributed by atoms with van der Waals surface area (Å²) in [5, 5.41) is 0. The summed E-state index contributed by atoms with van der Waals surface area (Å²) >= 11 is 0. The lowest BCUT2D eigenvalue weighted by Crippen LogP contribution is -2.18. The van der Waals surface area contributed by atoms with Crippen LogP contribution in [0.4, 0.5) is 0 Å². The van der Waals surface area contributed by atoms with E-state index in [-0.39, 0.29) is 30.1 Å². The molecule has 2 rings (SSSR count). The molecule has 2 aromatic rings. The van der Waals surface area contributed by atoms with Crippen molar-refractivity contribution in [1.82, 2.24) is 0 Å². The van der Waals surface area contributed by atoms with Crippen LogP contribution in [-0.2, 0) is 34.0 Å². The summed E-state index contributed by atoms with van der Waals surface area (Å²) in [4.78, 5) is 24.1. The number of allylic oxidation sites excluding steroid dienone is 2. The fraction of sp³-hybridized carbons (Fsp3) is 0.486. The van der Waals surface area contributed by atoms with Crippen LogP contribution >= 0.6 is 0 Å². The van der Waals surface area contributed by atoms with Gasteiger partial charge < -0.3 is 28.4 Å². The van der Waals surface area contributed by atoms with Crippen LogP contribution in [0.2, 0.25) is 0 Å². The van der Waals surface area contributed by atoms with E-state index in [0.717, 1.165) is 35.5 Å². The average Bonchev–Trinajstić information content (AvgIpc) is 3.02. The number of esters is 2. The maximum Gasteiger partial charge on any atom is 0.373 e. The lowest BCUT2D eigenvalue weighted by molar-refractivity contribution is -0.144. The lowest BCUT2D eigenvalue weighted by atomic mass is 9.78. The first-order valence-corrected chi connectivity index (χ1v) is 15.2. The quantitative estimate of drug-likeness (QED) is 0.0681. The van der Waals surface area contributed by atoms with Crippen LogP contribution in [0.15, 0.2) is 72.2 Å². The van der Waals surface area contributed by atoms with Gasteiger partial charge in [0.2, 0.25) is 0 Å². The summed E-state index contributed by atoms with van der Waals surface area (Å²) in [5.74, 6) is 1.12. The molecule has 0 heterocycles. The van der Waals surface area contributed by atoms with E-state index in [0.29, 0.717) is 39.3 Å². The van der Waals surface area contributed by atoms with E-state index in [1.807, 2.05) is 38.1 Å². The largest absolute Gasteiger partial charge is 0.493 e. The van der Waals surface area contributed by atoms with Gasteiger partial charge in [-0.05, 0) is 74.2 Å². The first kappa shape index (κ1) is 35.3. The summed E-state index contributed by atoms with van der Waals surface area (Å²) in [6.07, 6.45) is 6.05. The molecular formula is C35H48O8. The van der Waals surface area contributed by atoms with Crippen LogP contribution in [0.3, 0.4) is 0 Å². The predicted octanol–water partition coefficient (Wildman–Crippen LogP) is 7.30. The maximum absolute atomic E-state index is 12.0. The minimum absolute atomic E-state index is 0.228. The highest BCUT2D eigenvalue weighted by molar-refractivity contribution is 5.86. The van der Waals surface area contributed by atoms with E-state index in [9.17, 15) is 9.59 Å². The number of carbonyl (C=O) groups is 2. The third-order valence-electron chi connectivity index (χ3n) is 6.58. The zero-order chi connectivity index (χ0) is 31.5. The maximum atomic E-state index is 12.0. The van der Waals surface area contributed by atoms with Crippen molar-refractivity contribution < 1.29 is 38.0 Å². The fourth-order valence-electron chi connectivity index (χ4n) is 4.02. The summed E-state index contributed by atoms with van der Waals surface area (Å²) < 4.78 is 33.0. The minimum Gasteiger partial charge on any atom is -0.493 e. The topological polar surface area (TPSA) is 89.5 Å². The molecule has 0 saturated heterocycles. The molecule has 0 unspecified atom stereocenters. The van der Waals surface area contributed by atoms with Gasteiger partial charge in [-0.15, -0.1) is 0 Å². The SMILES string of the molecule is CC=C(OCCC)C(=O)OCCCOc1ccc(C(C)(C)c2ccc(OCCCOC(=O)C(=CC)OCCC)cc2)cc1. The molecule has 0 aliphatic heterocycles. The molecule has 0 aromatic heterocycles. The van der Waals surface area contributed by atoms with Crippen LogP contribution in [0, 0.1) is 0 Å². The Balaban J connectivity index is 1.75. The molecule has 0 aliphatic rings. The highest BCUT2D eigenvalue weighted by Gasteiger charge is 2.23. The molecule has 0 fully saturated rings. The van der Waals surface area contributed by atoms with E-state index < -0.39 is 11.9 Å². The first-order chi connectivity index (χ1) is 20.8. The van der Waals surface area contributed by atoms with E-state index in [2.05, 4.69) is 38.1 Å². The highest BCUT2D eigenvalue weighted by Crippen LogP contribution is 2.33. The summed E-state index contributed by atoms with van der Waals surface area (Å²) in [5.41, 5.74) is 2.08.